The molecular formula is C12H18N2. The molecule has 0 saturated carbocycles. The fourth-order valence-electron chi connectivity index (χ4n) is 2.03. The number of nitrogens with zero attached hydrogens (tertiary/aromatic N) is 2. The van der Waals surface area contributed by atoms with E-state index in [1.165, 1.54) is 5.57 Å². The van der Waals surface area contributed by atoms with E-state index in [1.54, 1.807) is 0 Å². The molecule has 0 amide bonds. The van der Waals surface area contributed by atoms with Crippen LogP contribution in [0.3, 0.4) is 0 Å². The van der Waals surface area contributed by atoms with Gasteiger partial charge in [0.2, 0.25) is 0 Å². The maximum Gasteiger partial charge on any atom is 0.0942 e. The molecule has 1 heterocycles. The molecule has 76 valence electrons. The summed E-state index contributed by atoms with van der Waals surface area (Å²) in [4.78, 5) is 6.80. The Bertz CT molecular complexity index is 299. The summed E-state index contributed by atoms with van der Waals surface area (Å²) in [7, 11) is 0. The molecule has 0 fully saturated rings. The van der Waals surface area contributed by atoms with E-state index < -0.39 is 0 Å². The number of aliphatic imine (C=N–C) groups is 1. The predicted octanol–water partition coefficient (Wildman–Crippen LogP) is 2.24. The Morgan fingerprint density at radius 3 is 2.93 bits per heavy atom. The van der Waals surface area contributed by atoms with Crippen molar-refractivity contribution >= 4 is 6.34 Å². The lowest BCUT2D eigenvalue weighted by Gasteiger charge is -2.26. The second kappa shape index (κ2) is 3.60. The van der Waals surface area contributed by atoms with Crippen LogP contribution in [0.15, 0.2) is 28.8 Å². The summed E-state index contributed by atoms with van der Waals surface area (Å²) >= 11 is 0. The first-order valence-electron chi connectivity index (χ1n) is 5.41. The van der Waals surface area contributed by atoms with Crippen molar-refractivity contribution < 1.29 is 0 Å². The summed E-state index contributed by atoms with van der Waals surface area (Å²) in [6.45, 7) is 7.67. The van der Waals surface area contributed by atoms with Crippen LogP contribution in [-0.4, -0.2) is 29.9 Å². The summed E-state index contributed by atoms with van der Waals surface area (Å²) < 4.78 is 0. The Hall–Kier alpha value is -1.05. The van der Waals surface area contributed by atoms with Crippen molar-refractivity contribution in [2.75, 3.05) is 6.54 Å². The fourth-order valence-corrected chi connectivity index (χ4v) is 2.03. The van der Waals surface area contributed by atoms with Gasteiger partial charge in [-0.05, 0) is 18.4 Å². The maximum absolute atomic E-state index is 4.52. The first kappa shape index (κ1) is 9.50. The van der Waals surface area contributed by atoms with Crippen molar-refractivity contribution in [3.63, 3.8) is 0 Å². The van der Waals surface area contributed by atoms with Gasteiger partial charge >= 0.3 is 0 Å². The van der Waals surface area contributed by atoms with Crippen LogP contribution in [0, 0.1) is 5.92 Å². The molecule has 0 N–H and O–H groups in total. The SMILES string of the molecule is CCN1C=NC2C=C(C(C)C)C=CC21. The maximum atomic E-state index is 4.52. The van der Waals surface area contributed by atoms with Crippen molar-refractivity contribution in [1.82, 2.24) is 4.90 Å². The molecule has 2 atom stereocenters. The monoisotopic (exact) mass is 190 g/mol. The molecule has 0 aromatic carbocycles. The molecule has 0 bridgehead atoms. The minimum atomic E-state index is 0.359. The number of hydrogen-bond donors (Lipinski definition) is 0. The van der Waals surface area contributed by atoms with Gasteiger partial charge in [0.05, 0.1) is 18.4 Å². The van der Waals surface area contributed by atoms with Gasteiger partial charge in [-0.25, -0.2) is 0 Å². The third kappa shape index (κ3) is 1.49. The lowest BCUT2D eigenvalue weighted by molar-refractivity contribution is 0.392. The number of fused-ring (bicyclic) bond motifs is 1. The van der Waals surface area contributed by atoms with E-state index >= 15 is 0 Å². The predicted molar refractivity (Wildman–Crippen MR) is 60.5 cm³/mol. The Balaban J connectivity index is 2.16. The summed E-state index contributed by atoms with van der Waals surface area (Å²) in [5.41, 5.74) is 1.42. The van der Waals surface area contributed by atoms with Gasteiger partial charge < -0.3 is 4.90 Å². The van der Waals surface area contributed by atoms with Gasteiger partial charge in [-0.15, -0.1) is 0 Å². The van der Waals surface area contributed by atoms with Crippen molar-refractivity contribution in [3.8, 4) is 0 Å². The second-order valence-corrected chi connectivity index (χ2v) is 4.26. The Morgan fingerprint density at radius 2 is 2.29 bits per heavy atom. The third-order valence-corrected chi connectivity index (χ3v) is 3.00. The van der Waals surface area contributed by atoms with E-state index in [2.05, 4.69) is 48.9 Å². The van der Waals surface area contributed by atoms with E-state index in [1.807, 2.05) is 6.34 Å². The number of likely N-dealkylation sites (N-methyl/N-ethyl adjacent to an activating group) is 1. The first-order chi connectivity index (χ1) is 6.72. The lowest BCUT2D eigenvalue weighted by Crippen LogP contribution is -2.35. The van der Waals surface area contributed by atoms with Crippen molar-refractivity contribution in [2.45, 2.75) is 32.9 Å². The topological polar surface area (TPSA) is 15.6 Å². The minimum absolute atomic E-state index is 0.359. The quantitative estimate of drug-likeness (QED) is 0.652. The molecular weight excluding hydrogens is 172 g/mol. The largest absolute Gasteiger partial charge is 0.354 e. The van der Waals surface area contributed by atoms with E-state index in [0.29, 0.717) is 18.0 Å². The molecule has 0 aromatic heterocycles. The lowest BCUT2D eigenvalue weighted by atomic mass is 9.92. The highest BCUT2D eigenvalue weighted by molar-refractivity contribution is 5.61. The molecule has 2 unspecified atom stereocenters. The van der Waals surface area contributed by atoms with Crippen molar-refractivity contribution in [1.29, 1.82) is 0 Å². The van der Waals surface area contributed by atoms with E-state index in [9.17, 15) is 0 Å². The summed E-state index contributed by atoms with van der Waals surface area (Å²) in [5, 5.41) is 0. The van der Waals surface area contributed by atoms with Gasteiger partial charge in [-0.1, -0.05) is 32.1 Å². The molecule has 2 heteroatoms. The zero-order chi connectivity index (χ0) is 10.1. The molecule has 0 saturated heterocycles. The van der Waals surface area contributed by atoms with Crippen LogP contribution in [0.2, 0.25) is 0 Å². The second-order valence-electron chi connectivity index (χ2n) is 4.26. The third-order valence-electron chi connectivity index (χ3n) is 3.00. The minimum Gasteiger partial charge on any atom is -0.354 e. The molecule has 0 aromatic rings. The normalized spacial score (nSPS) is 29.7. The highest BCUT2D eigenvalue weighted by atomic mass is 15.2. The highest BCUT2D eigenvalue weighted by Gasteiger charge is 2.28. The van der Waals surface area contributed by atoms with Gasteiger partial charge in [-0.2, -0.15) is 0 Å². The zero-order valence-corrected chi connectivity index (χ0v) is 9.14. The van der Waals surface area contributed by atoms with Gasteiger partial charge in [0.25, 0.3) is 0 Å². The van der Waals surface area contributed by atoms with Crippen LogP contribution in [-0.2, 0) is 0 Å². The molecule has 0 radical (unpaired) electrons. The standard InChI is InChI=1S/C12H18N2/c1-4-14-8-13-11-7-10(9(2)3)5-6-12(11)14/h5-9,11-12H,4H2,1-3H3. The van der Waals surface area contributed by atoms with E-state index in [-0.39, 0.29) is 0 Å². The van der Waals surface area contributed by atoms with Gasteiger partial charge in [-0.3, -0.25) is 4.99 Å². The average molecular weight is 190 g/mol. The average Bonchev–Trinajstić information content (AvgIpc) is 2.59. The van der Waals surface area contributed by atoms with Gasteiger partial charge in [0, 0.05) is 6.54 Å². The molecule has 1 aliphatic carbocycles. The summed E-state index contributed by atoms with van der Waals surface area (Å²) in [5.74, 6) is 0.609. The summed E-state index contributed by atoms with van der Waals surface area (Å²) in [6, 6.07) is 0.833. The molecule has 2 aliphatic rings. The number of allylic oxidation sites excluding steroid dienone is 2. The van der Waals surface area contributed by atoms with Crippen LogP contribution in [0.1, 0.15) is 20.8 Å². The van der Waals surface area contributed by atoms with Crippen molar-refractivity contribution in [2.24, 2.45) is 10.9 Å². The van der Waals surface area contributed by atoms with Crippen molar-refractivity contribution in [3.05, 3.63) is 23.8 Å². The van der Waals surface area contributed by atoms with Gasteiger partial charge in [0.15, 0.2) is 0 Å². The van der Waals surface area contributed by atoms with Crippen LogP contribution in [0.4, 0.5) is 0 Å². The Morgan fingerprint density at radius 1 is 1.50 bits per heavy atom. The van der Waals surface area contributed by atoms with Crippen LogP contribution in [0.25, 0.3) is 0 Å². The number of rotatable bonds is 2. The highest BCUT2D eigenvalue weighted by Crippen LogP contribution is 2.25. The fraction of sp³-hybridized carbons (Fsp3) is 0.583. The Kier molecular flexibility index (Phi) is 2.44. The first-order valence-corrected chi connectivity index (χ1v) is 5.41. The van der Waals surface area contributed by atoms with E-state index in [0.717, 1.165) is 6.54 Å². The molecule has 14 heavy (non-hydrogen) atoms. The molecule has 0 spiro atoms. The smallest absolute Gasteiger partial charge is 0.0942 e. The zero-order valence-electron chi connectivity index (χ0n) is 9.14. The summed E-state index contributed by atoms with van der Waals surface area (Å²) in [6.07, 6.45) is 8.83. The van der Waals surface area contributed by atoms with Crippen LogP contribution < -0.4 is 0 Å². The van der Waals surface area contributed by atoms with Crippen LogP contribution in [0.5, 0.6) is 0 Å². The molecule has 2 nitrogen and oxygen atoms in total. The Labute approximate surface area is 86.0 Å². The molecule has 1 aliphatic heterocycles. The van der Waals surface area contributed by atoms with E-state index in [4.69, 9.17) is 0 Å². The molecule has 2 rings (SSSR count). The number of hydrogen-bond acceptors (Lipinski definition) is 2. The van der Waals surface area contributed by atoms with Gasteiger partial charge in [0.1, 0.15) is 0 Å². The van der Waals surface area contributed by atoms with Crippen LogP contribution >= 0.6 is 0 Å².